The van der Waals surface area contributed by atoms with Crippen LogP contribution in [0.1, 0.15) is 46.5 Å². The van der Waals surface area contributed by atoms with E-state index in [1.165, 1.54) is 0 Å². The van der Waals surface area contributed by atoms with Crippen molar-refractivity contribution in [3.05, 3.63) is 34.6 Å². The number of allylic oxidation sites excluding steroid dienone is 2. The number of ketones is 2. The lowest BCUT2D eigenvalue weighted by Gasteiger charge is -2.39. The molecule has 3 aliphatic carbocycles. The van der Waals surface area contributed by atoms with Gasteiger partial charge in [-0.25, -0.2) is 0 Å². The predicted octanol–water partition coefficient (Wildman–Crippen LogP) is 2.96. The number of esters is 1. The Morgan fingerprint density at radius 3 is 2.60 bits per heavy atom. The molecule has 25 heavy (non-hydrogen) atoms. The third kappa shape index (κ3) is 1.92. The highest BCUT2D eigenvalue weighted by atomic mass is 16.6. The summed E-state index contributed by atoms with van der Waals surface area (Å²) in [5.74, 6) is -1.93. The molecular formula is C20H22O5. The quantitative estimate of drug-likeness (QED) is 0.450. The van der Waals surface area contributed by atoms with E-state index in [4.69, 9.17) is 4.74 Å². The van der Waals surface area contributed by atoms with Crippen LogP contribution in [0.5, 0.6) is 0 Å². The van der Waals surface area contributed by atoms with Gasteiger partial charge in [0, 0.05) is 29.1 Å². The van der Waals surface area contributed by atoms with Crippen molar-refractivity contribution in [3.63, 3.8) is 0 Å². The van der Waals surface area contributed by atoms with Crippen molar-refractivity contribution in [2.24, 2.45) is 17.3 Å². The van der Waals surface area contributed by atoms with Gasteiger partial charge in [-0.1, -0.05) is 26.0 Å². The summed E-state index contributed by atoms with van der Waals surface area (Å²) in [5, 5.41) is 10.7. The van der Waals surface area contributed by atoms with Crippen LogP contribution in [-0.2, 0) is 19.1 Å². The molecule has 3 unspecified atom stereocenters. The van der Waals surface area contributed by atoms with E-state index < -0.39 is 22.6 Å². The third-order valence-electron chi connectivity index (χ3n) is 6.38. The molecule has 0 aromatic rings. The van der Waals surface area contributed by atoms with Crippen LogP contribution in [0.2, 0.25) is 0 Å². The standard InChI is InChI=1S/C20H22O5/c1-10(2)14-15(21)11-5-6-13-19(3)7-4-8-20(13,25-18(19)24)9-12(11)16(22)17(14)23/h5-6,10,13,21H,4,7-9H2,1-3H3. The molecule has 1 heterocycles. The number of aliphatic hydroxyl groups is 1. The topological polar surface area (TPSA) is 80.7 Å². The molecule has 4 aliphatic rings. The zero-order valence-electron chi connectivity index (χ0n) is 14.7. The zero-order valence-corrected chi connectivity index (χ0v) is 14.7. The molecule has 0 aromatic heterocycles. The van der Waals surface area contributed by atoms with Crippen molar-refractivity contribution in [2.75, 3.05) is 0 Å². The molecule has 0 aromatic carbocycles. The summed E-state index contributed by atoms with van der Waals surface area (Å²) < 4.78 is 5.82. The molecule has 1 saturated carbocycles. The van der Waals surface area contributed by atoms with E-state index in [2.05, 4.69) is 0 Å². The minimum Gasteiger partial charge on any atom is -0.507 e. The van der Waals surface area contributed by atoms with Gasteiger partial charge in [-0.2, -0.15) is 0 Å². The van der Waals surface area contributed by atoms with Gasteiger partial charge in [0.1, 0.15) is 11.4 Å². The first kappa shape index (κ1) is 16.3. The molecule has 1 aliphatic heterocycles. The summed E-state index contributed by atoms with van der Waals surface area (Å²) in [6, 6.07) is 0. The molecule has 1 saturated heterocycles. The zero-order chi connectivity index (χ0) is 18.1. The summed E-state index contributed by atoms with van der Waals surface area (Å²) >= 11 is 0. The van der Waals surface area contributed by atoms with E-state index in [1.54, 1.807) is 19.9 Å². The average molecular weight is 342 g/mol. The van der Waals surface area contributed by atoms with Crippen molar-refractivity contribution in [1.82, 2.24) is 0 Å². The molecule has 132 valence electrons. The predicted molar refractivity (Wildman–Crippen MR) is 89.6 cm³/mol. The molecule has 2 fully saturated rings. The van der Waals surface area contributed by atoms with E-state index in [1.807, 2.05) is 13.0 Å². The van der Waals surface area contributed by atoms with E-state index in [9.17, 15) is 19.5 Å². The smallest absolute Gasteiger partial charge is 0.313 e. The highest BCUT2D eigenvalue weighted by molar-refractivity contribution is 6.50. The summed E-state index contributed by atoms with van der Waals surface area (Å²) in [6.07, 6.45) is 6.08. The van der Waals surface area contributed by atoms with E-state index >= 15 is 0 Å². The lowest BCUT2D eigenvalue weighted by Crippen LogP contribution is -2.43. The van der Waals surface area contributed by atoms with Crippen molar-refractivity contribution < 1.29 is 24.2 Å². The Bertz CT molecular complexity index is 812. The molecule has 5 nitrogen and oxygen atoms in total. The number of Topliss-reactive ketones (excluding diaryl/α,β-unsaturated/α-hetero) is 2. The molecule has 0 spiro atoms. The number of carbonyl (C=O) groups excluding carboxylic acids is 3. The summed E-state index contributed by atoms with van der Waals surface area (Å²) in [5.41, 5.74) is -0.504. The average Bonchev–Trinajstić information content (AvgIpc) is 2.68. The van der Waals surface area contributed by atoms with Crippen molar-refractivity contribution >= 4 is 17.5 Å². The largest absolute Gasteiger partial charge is 0.507 e. The van der Waals surface area contributed by atoms with Gasteiger partial charge in [0.05, 0.1) is 5.41 Å². The van der Waals surface area contributed by atoms with Gasteiger partial charge in [-0.15, -0.1) is 0 Å². The highest BCUT2D eigenvalue weighted by Gasteiger charge is 2.64. The van der Waals surface area contributed by atoms with Gasteiger partial charge >= 0.3 is 5.97 Å². The van der Waals surface area contributed by atoms with Crippen LogP contribution < -0.4 is 0 Å². The van der Waals surface area contributed by atoms with E-state index in [-0.39, 0.29) is 41.1 Å². The van der Waals surface area contributed by atoms with Crippen molar-refractivity contribution in [1.29, 1.82) is 0 Å². The Hall–Kier alpha value is -2.17. The van der Waals surface area contributed by atoms with Crippen LogP contribution in [0.15, 0.2) is 34.6 Å². The summed E-state index contributed by atoms with van der Waals surface area (Å²) in [4.78, 5) is 37.7. The third-order valence-corrected chi connectivity index (χ3v) is 6.38. The van der Waals surface area contributed by atoms with Gasteiger partial charge < -0.3 is 9.84 Å². The second kappa shape index (κ2) is 4.93. The first-order chi connectivity index (χ1) is 11.7. The molecular weight excluding hydrogens is 320 g/mol. The van der Waals surface area contributed by atoms with Gasteiger partial charge in [0.25, 0.3) is 0 Å². The van der Waals surface area contributed by atoms with Crippen LogP contribution in [0.25, 0.3) is 0 Å². The Labute approximate surface area is 146 Å². The summed E-state index contributed by atoms with van der Waals surface area (Å²) in [6.45, 7) is 5.48. The molecule has 1 N–H and O–H groups in total. The Kier molecular flexibility index (Phi) is 3.22. The number of ether oxygens (including phenoxy) is 1. The fourth-order valence-electron chi connectivity index (χ4n) is 5.07. The number of aliphatic hydroxyl groups excluding tert-OH is 1. The monoisotopic (exact) mass is 342 g/mol. The second-order valence-electron chi connectivity index (χ2n) is 8.21. The van der Waals surface area contributed by atoms with Gasteiger partial charge in [-0.3, -0.25) is 14.4 Å². The van der Waals surface area contributed by atoms with Crippen LogP contribution >= 0.6 is 0 Å². The first-order valence-electron chi connectivity index (χ1n) is 8.88. The van der Waals surface area contributed by atoms with Crippen LogP contribution in [-0.4, -0.2) is 28.2 Å². The normalized spacial score (nSPS) is 37.3. The highest BCUT2D eigenvalue weighted by Crippen LogP contribution is 2.59. The SMILES string of the molecule is CC(C)C1=C(O)C2=C(CC34CCCC(C)(C(=O)O3)C4C=C2)C(=O)C1=O. The Morgan fingerprint density at radius 1 is 1.20 bits per heavy atom. The maximum atomic E-state index is 12.8. The number of carbonyl (C=O) groups is 3. The molecule has 3 atom stereocenters. The molecule has 0 amide bonds. The van der Waals surface area contributed by atoms with Gasteiger partial charge in [0.2, 0.25) is 11.6 Å². The van der Waals surface area contributed by atoms with Crippen LogP contribution in [0.4, 0.5) is 0 Å². The van der Waals surface area contributed by atoms with Crippen LogP contribution in [0.3, 0.4) is 0 Å². The van der Waals surface area contributed by atoms with E-state index in [0.717, 1.165) is 12.8 Å². The van der Waals surface area contributed by atoms with Crippen molar-refractivity contribution in [2.45, 2.75) is 52.1 Å². The fourth-order valence-corrected chi connectivity index (χ4v) is 5.07. The Morgan fingerprint density at radius 2 is 1.92 bits per heavy atom. The van der Waals surface area contributed by atoms with Crippen LogP contribution in [0, 0.1) is 17.3 Å². The first-order valence-corrected chi connectivity index (χ1v) is 8.88. The van der Waals surface area contributed by atoms with Gasteiger partial charge in [-0.05, 0) is 32.1 Å². The maximum Gasteiger partial charge on any atom is 0.313 e. The second-order valence-corrected chi connectivity index (χ2v) is 8.21. The van der Waals surface area contributed by atoms with Gasteiger partial charge in [0.15, 0.2) is 0 Å². The van der Waals surface area contributed by atoms with E-state index in [0.29, 0.717) is 12.0 Å². The number of rotatable bonds is 1. The molecule has 5 heteroatoms. The Balaban J connectivity index is 1.89. The maximum absolute atomic E-state index is 12.8. The molecule has 2 bridgehead atoms. The summed E-state index contributed by atoms with van der Waals surface area (Å²) in [7, 11) is 0. The van der Waals surface area contributed by atoms with Crippen molar-refractivity contribution in [3.8, 4) is 0 Å². The minimum absolute atomic E-state index is 0.103. The number of hydrogen-bond acceptors (Lipinski definition) is 5. The lowest BCUT2D eigenvalue weighted by molar-refractivity contribution is -0.152. The number of hydrogen-bond donors (Lipinski definition) is 1. The fraction of sp³-hybridized carbons (Fsp3) is 0.550. The molecule has 4 rings (SSSR count). The molecule has 0 radical (unpaired) electrons. The lowest BCUT2D eigenvalue weighted by atomic mass is 9.61. The minimum atomic E-state index is -0.775.